The number of carboxylic acid groups (broad SMARTS) is 1. The lowest BCUT2D eigenvalue weighted by Crippen LogP contribution is -2.54. The van der Waals surface area contributed by atoms with Crippen LogP contribution < -0.4 is 16.0 Å². The molecule has 5 aromatic rings. The van der Waals surface area contributed by atoms with Gasteiger partial charge in [-0.1, -0.05) is 172 Å². The zero-order valence-corrected chi connectivity index (χ0v) is 66.6. The monoisotopic (exact) mass is 1620 g/mol. The van der Waals surface area contributed by atoms with Gasteiger partial charge in [-0.15, -0.1) is 20.4 Å². The van der Waals surface area contributed by atoms with E-state index in [-0.39, 0.29) is 109 Å². The summed E-state index contributed by atoms with van der Waals surface area (Å²) < 4.78 is 42.8. The molecule has 3 aromatic carbocycles. The minimum absolute atomic E-state index is 0.000533. The minimum atomic E-state index is -4.12. The number of carbonyl (C=O) groups is 9. The van der Waals surface area contributed by atoms with Crippen LogP contribution in [0, 0.1) is 35.5 Å². The number of halogens is 1. The largest absolute Gasteiger partial charge is 0.479 e. The summed E-state index contributed by atoms with van der Waals surface area (Å²) in [7, 11) is -4.12. The predicted octanol–water partition coefficient (Wildman–Crippen LogP) is 9.39. The number of allylic oxidation sites excluding steroid dienone is 3. The van der Waals surface area contributed by atoms with E-state index in [0.29, 0.717) is 56.7 Å². The van der Waals surface area contributed by atoms with Crippen LogP contribution in [0.4, 0.5) is 0 Å². The van der Waals surface area contributed by atoms with Crippen molar-refractivity contribution in [2.45, 2.75) is 227 Å². The van der Waals surface area contributed by atoms with Crippen LogP contribution in [0.25, 0.3) is 22.8 Å². The van der Waals surface area contributed by atoms with Crippen LogP contribution in [0.1, 0.15) is 182 Å². The second-order valence-corrected chi connectivity index (χ2v) is 33.7. The standard InChI is InChI=1S/C28H36N6O4.C27H35BrN2O7S.C26H32N6O4/c1-3-38-27(37)28-17-21(28)15-11-6-4-5-8-12-19(2)26(36)33-18-22(16-23(33)25(35)29-28)34-31-24(30-32-34)20-13-9-7-10-14-20;1-3-36-26(33)27-16-19(27)10-8-6-4-5-7-9-18(2)25(32)30-17-21(15-23(30)24(31)29-27)37-38(34,35)22-13-11-20(28)12-14-22;1-17-10-6-3-2-4-9-13-19-15-26(19,25(35)36)27-23(33)21-14-20(16-31(21)24(17)34)32-29-22(28-30-32)18-11-7-5-8-12-18/h7,9-11,13-15,19,21-23H,3-6,8,12,16-18H2,1-2H3,(H,29,35);8,10-14,18-19,21,23H,3-7,9,15-17H2,1-2H3,(H,29,31);5,7-9,11-13,17,19-21H,2-4,6,10,14-16H2,1H3,(H,27,33)(H,35,36)/b15-11-;10-8-;13-9-/t19-,21+,22+,23-,28+;18-,19+,21-,23-,27+;17-,19+,20+,21-,26+/m000/s1. The predicted molar refractivity (Wildman–Crippen MR) is 413 cm³/mol. The fraction of sp³-hybridized carbons (Fsp3) is 0.568. The smallest absolute Gasteiger partial charge is 0.332 e. The average molecular weight is 1620 g/mol. The van der Waals surface area contributed by atoms with Crippen molar-refractivity contribution >= 4 is 79.4 Å². The van der Waals surface area contributed by atoms with Gasteiger partial charge < -0.3 is 45.2 Å². The highest BCUT2D eigenvalue weighted by atomic mass is 79.9. The van der Waals surface area contributed by atoms with Gasteiger partial charge in [-0.3, -0.25) is 33.0 Å². The molecule has 0 bridgehead atoms. The van der Waals surface area contributed by atoms with Crippen molar-refractivity contribution in [1.82, 2.24) is 71.1 Å². The van der Waals surface area contributed by atoms with Crippen molar-refractivity contribution in [2.75, 3.05) is 32.8 Å². The molecule has 8 heterocycles. The van der Waals surface area contributed by atoms with E-state index in [1.165, 1.54) is 26.6 Å². The number of carbonyl (C=O) groups excluding carboxylic acids is 8. The Morgan fingerprint density at radius 1 is 0.509 bits per heavy atom. The number of tetrazole rings is 2. The lowest BCUT2D eigenvalue weighted by molar-refractivity contribution is -0.150. The molecule has 3 saturated heterocycles. The van der Waals surface area contributed by atoms with Gasteiger partial charge in [0.1, 0.15) is 34.7 Å². The number of carboxylic acids is 1. The topological polar surface area (TPSA) is 369 Å². The molecule has 0 spiro atoms. The number of nitrogens with one attached hydrogen (secondary N) is 3. The van der Waals surface area contributed by atoms with Gasteiger partial charge in [0.25, 0.3) is 10.1 Å². The molecule has 14 rings (SSSR count). The Balaban J connectivity index is 0.000000156. The molecule has 6 amide bonds. The molecule has 9 aliphatic rings. The number of hydrogen-bond acceptors (Lipinski definition) is 20. The molecule has 600 valence electrons. The second-order valence-electron chi connectivity index (χ2n) is 31.2. The van der Waals surface area contributed by atoms with E-state index < -0.39 is 80.7 Å². The Hall–Kier alpha value is -9.36. The fourth-order valence-electron chi connectivity index (χ4n) is 16.3. The van der Waals surface area contributed by atoms with Crippen LogP contribution in [0.5, 0.6) is 0 Å². The first-order valence-electron chi connectivity index (χ1n) is 39.7. The highest BCUT2D eigenvalue weighted by molar-refractivity contribution is 9.10. The van der Waals surface area contributed by atoms with Crippen molar-refractivity contribution in [3.8, 4) is 22.8 Å². The number of esters is 2. The molecule has 3 saturated carbocycles. The number of hydrogen-bond donors (Lipinski definition) is 4. The van der Waals surface area contributed by atoms with E-state index in [1.54, 1.807) is 35.8 Å². The molecular weight excluding hydrogens is 1520 g/mol. The second kappa shape index (κ2) is 36.2. The van der Waals surface area contributed by atoms with Crippen molar-refractivity contribution < 1.29 is 70.3 Å². The first-order valence-corrected chi connectivity index (χ1v) is 41.9. The number of ether oxygens (including phenoxy) is 2. The number of nitrogens with zero attached hydrogens (tertiary/aromatic N) is 11. The Morgan fingerprint density at radius 3 is 1.29 bits per heavy atom. The normalized spacial score (nSPS) is 31.4. The number of rotatable bonds is 12. The number of aliphatic carboxylic acids is 1. The summed E-state index contributed by atoms with van der Waals surface area (Å²) in [6.45, 7) is 10.1. The highest BCUT2D eigenvalue weighted by Crippen LogP contribution is 2.49. The Bertz CT molecular complexity index is 4430. The zero-order valence-electron chi connectivity index (χ0n) is 64.2. The maximum Gasteiger partial charge on any atom is 0.332 e. The van der Waals surface area contributed by atoms with E-state index in [4.69, 9.17) is 13.7 Å². The van der Waals surface area contributed by atoms with Crippen LogP contribution >= 0.6 is 15.9 Å². The SMILES string of the molecule is CCOC(=O)[C@@]12C[C@H]1/C=C\CCCCC[C@H](C)C(=O)N1C[C@@H](OS(=O)(=O)c3ccc(Br)cc3)C[C@H]1C(=O)N2.CCOC(=O)[C@@]12C[C@H]1/C=C\CCCCC[C@H](C)C(=O)N1C[C@H](n3nnc(-c4ccccc4)n3)C[C@H]1C(=O)N2.C[C@H]1CCCCC/C=C\[C@@H]2C[C@@]2(C(=O)O)NC(=O)[C@@H]2C[C@@H](n3nnc(-c4ccccc4)n3)CN2C1=O. The molecule has 6 aliphatic heterocycles. The summed E-state index contributed by atoms with van der Waals surface area (Å²) >= 11 is 3.28. The van der Waals surface area contributed by atoms with Crippen LogP contribution in [-0.2, 0) is 66.9 Å². The Labute approximate surface area is 661 Å². The molecule has 3 aliphatic carbocycles. The third-order valence-corrected chi connectivity index (χ3v) is 25.1. The molecule has 0 unspecified atom stereocenters. The van der Waals surface area contributed by atoms with Gasteiger partial charge in [-0.25, -0.2) is 14.4 Å². The number of benzene rings is 3. The summed E-state index contributed by atoms with van der Waals surface area (Å²) in [5, 5.41) is 44.6. The summed E-state index contributed by atoms with van der Waals surface area (Å²) in [6, 6.07) is 22.0. The summed E-state index contributed by atoms with van der Waals surface area (Å²) in [5.74, 6) is -3.94. The Kier molecular flexibility index (Phi) is 26.5. The molecule has 112 heavy (non-hydrogen) atoms. The third-order valence-electron chi connectivity index (χ3n) is 23.2. The summed E-state index contributed by atoms with van der Waals surface area (Å²) in [4.78, 5) is 127. The minimum Gasteiger partial charge on any atom is -0.479 e. The quantitative estimate of drug-likeness (QED) is 0.0513. The zero-order chi connectivity index (χ0) is 79.5. The van der Waals surface area contributed by atoms with Gasteiger partial charge in [0, 0.05) is 90.0 Å². The molecule has 29 nitrogen and oxygen atoms in total. The van der Waals surface area contributed by atoms with Crippen molar-refractivity contribution in [3.63, 3.8) is 0 Å². The fourth-order valence-corrected chi connectivity index (χ4v) is 17.6. The maximum atomic E-state index is 13.7. The van der Waals surface area contributed by atoms with Gasteiger partial charge in [-0.05, 0) is 126 Å². The molecule has 31 heteroatoms. The van der Waals surface area contributed by atoms with Gasteiger partial charge >= 0.3 is 17.9 Å². The van der Waals surface area contributed by atoms with Crippen molar-refractivity contribution in [3.05, 3.63) is 126 Å². The maximum absolute atomic E-state index is 13.7. The number of amides is 6. The van der Waals surface area contributed by atoms with Gasteiger partial charge in [-0.2, -0.15) is 18.0 Å². The third kappa shape index (κ3) is 18.9. The number of aromatic nitrogens is 8. The van der Waals surface area contributed by atoms with E-state index in [2.05, 4.69) is 68.8 Å². The van der Waals surface area contributed by atoms with E-state index in [0.717, 1.165) is 105 Å². The lowest BCUT2D eigenvalue weighted by atomic mass is 10.0. The molecule has 0 radical (unpaired) electrons. The first-order chi connectivity index (χ1) is 53.9. The van der Waals surface area contributed by atoms with Crippen LogP contribution in [0.3, 0.4) is 0 Å². The van der Waals surface area contributed by atoms with E-state index in [9.17, 15) is 56.7 Å². The highest BCUT2D eigenvalue weighted by Gasteiger charge is 2.65. The van der Waals surface area contributed by atoms with Crippen LogP contribution in [-0.4, -0.2) is 196 Å². The van der Waals surface area contributed by atoms with Crippen LogP contribution in [0.15, 0.2) is 131 Å². The molecule has 4 N–H and O–H groups in total. The summed E-state index contributed by atoms with van der Waals surface area (Å²) in [6.07, 6.45) is 26.7. The van der Waals surface area contributed by atoms with Gasteiger partial charge in [0.2, 0.25) is 47.1 Å². The van der Waals surface area contributed by atoms with E-state index in [1.807, 2.05) is 112 Å². The van der Waals surface area contributed by atoms with Gasteiger partial charge in [0.15, 0.2) is 0 Å². The number of fused-ring (bicyclic) bond motifs is 6. The molecule has 6 fully saturated rings. The summed E-state index contributed by atoms with van der Waals surface area (Å²) in [5.41, 5.74) is -1.88. The lowest BCUT2D eigenvalue weighted by Gasteiger charge is -2.28. The molecular formula is C81H103BrN14O15S. The first kappa shape index (κ1) is 82.1. The van der Waals surface area contributed by atoms with Crippen LogP contribution in [0.2, 0.25) is 0 Å². The molecule has 15 atom stereocenters. The Morgan fingerprint density at radius 2 is 0.884 bits per heavy atom. The van der Waals surface area contributed by atoms with Crippen molar-refractivity contribution in [2.24, 2.45) is 35.5 Å². The van der Waals surface area contributed by atoms with Gasteiger partial charge in [0.05, 0.1) is 36.3 Å². The van der Waals surface area contributed by atoms with E-state index >= 15 is 0 Å². The van der Waals surface area contributed by atoms with Crippen molar-refractivity contribution in [1.29, 1.82) is 0 Å². The average Bonchev–Trinajstić information content (AvgIpc) is 1.58. The molecule has 2 aromatic heterocycles.